The van der Waals surface area contributed by atoms with E-state index >= 15 is 0 Å². The van der Waals surface area contributed by atoms with Crippen LogP contribution in [0, 0.1) is 5.92 Å². The first-order chi connectivity index (χ1) is 6.02. The number of rotatable bonds is 5. The van der Waals surface area contributed by atoms with E-state index in [1.54, 1.807) is 0 Å². The van der Waals surface area contributed by atoms with E-state index in [9.17, 15) is 9.59 Å². The van der Waals surface area contributed by atoms with Gasteiger partial charge in [0, 0.05) is 6.08 Å². The molecule has 0 radical (unpaired) electrons. The highest BCUT2D eigenvalue weighted by molar-refractivity contribution is 5.82. The van der Waals surface area contributed by atoms with Crippen molar-refractivity contribution in [1.82, 2.24) is 0 Å². The number of hydrogen-bond donors (Lipinski definition) is 1. The molecule has 74 valence electrons. The smallest absolute Gasteiger partial charge is 0.330 e. The summed E-state index contributed by atoms with van der Waals surface area (Å²) >= 11 is 0. The summed E-state index contributed by atoms with van der Waals surface area (Å²) in [5, 5.41) is 8.24. The Labute approximate surface area is 77.2 Å². The predicted molar refractivity (Wildman–Crippen MR) is 47.2 cm³/mol. The summed E-state index contributed by atoms with van der Waals surface area (Å²) < 4.78 is 4.77. The number of esters is 1. The van der Waals surface area contributed by atoms with Gasteiger partial charge in [-0.15, -0.1) is 0 Å². The molecule has 0 saturated carbocycles. The average molecular weight is 186 g/mol. The van der Waals surface area contributed by atoms with Gasteiger partial charge in [0.15, 0.2) is 0 Å². The molecule has 0 aliphatic carbocycles. The third-order valence-electron chi connectivity index (χ3n) is 1.11. The lowest BCUT2D eigenvalue weighted by atomic mass is 10.2. The van der Waals surface area contributed by atoms with Gasteiger partial charge in [0.25, 0.3) is 0 Å². The van der Waals surface area contributed by atoms with Gasteiger partial charge in [-0.1, -0.05) is 19.9 Å². The van der Waals surface area contributed by atoms with E-state index in [1.165, 1.54) is 6.08 Å². The van der Waals surface area contributed by atoms with Crippen LogP contribution in [0.5, 0.6) is 0 Å². The minimum absolute atomic E-state index is 0.156. The highest BCUT2D eigenvalue weighted by Gasteiger charge is 1.99. The zero-order chi connectivity index (χ0) is 10.3. The van der Waals surface area contributed by atoms with Crippen molar-refractivity contribution in [3.8, 4) is 0 Å². The van der Waals surface area contributed by atoms with Gasteiger partial charge in [0.1, 0.15) is 0 Å². The molecule has 0 bridgehead atoms. The van der Waals surface area contributed by atoms with Gasteiger partial charge in [-0.05, 0) is 5.92 Å². The predicted octanol–water partition coefficient (Wildman–Crippen LogP) is 1.22. The van der Waals surface area contributed by atoms with Gasteiger partial charge in [-0.2, -0.15) is 0 Å². The normalized spacial score (nSPS) is 10.7. The quantitative estimate of drug-likeness (QED) is 0.518. The van der Waals surface area contributed by atoms with E-state index in [0.29, 0.717) is 6.61 Å². The molecule has 0 aromatic heterocycles. The molecular formula is C9H14O4. The van der Waals surface area contributed by atoms with Crippen LogP contribution in [0.25, 0.3) is 0 Å². The van der Waals surface area contributed by atoms with Crippen LogP contribution in [0.2, 0.25) is 0 Å². The SMILES string of the molecule is CC(C)COC(=O)/C=C/CC(=O)O. The van der Waals surface area contributed by atoms with Crippen molar-refractivity contribution in [3.63, 3.8) is 0 Å². The van der Waals surface area contributed by atoms with Gasteiger partial charge in [-0.25, -0.2) is 4.79 Å². The Morgan fingerprint density at radius 1 is 1.46 bits per heavy atom. The number of carbonyl (C=O) groups excluding carboxylic acids is 1. The minimum Gasteiger partial charge on any atom is -0.481 e. The van der Waals surface area contributed by atoms with Crippen LogP contribution in [0.15, 0.2) is 12.2 Å². The summed E-state index contributed by atoms with van der Waals surface area (Å²) in [7, 11) is 0. The Balaban J connectivity index is 3.61. The maximum absolute atomic E-state index is 10.8. The summed E-state index contributed by atoms with van der Waals surface area (Å²) in [6.45, 7) is 4.21. The molecule has 1 N–H and O–H groups in total. The summed E-state index contributed by atoms with van der Waals surface area (Å²) in [4.78, 5) is 20.9. The van der Waals surface area contributed by atoms with E-state index in [-0.39, 0.29) is 12.3 Å². The standard InChI is InChI=1S/C9H14O4/c1-7(2)6-13-9(12)5-3-4-8(10)11/h3,5,7H,4,6H2,1-2H3,(H,10,11)/b5-3+. The lowest BCUT2D eigenvalue weighted by Gasteiger charge is -2.03. The lowest BCUT2D eigenvalue weighted by molar-refractivity contribution is -0.138. The van der Waals surface area contributed by atoms with Gasteiger partial charge >= 0.3 is 11.9 Å². The van der Waals surface area contributed by atoms with E-state index in [0.717, 1.165) is 6.08 Å². The fourth-order valence-corrected chi connectivity index (χ4v) is 0.553. The molecule has 0 saturated heterocycles. The van der Waals surface area contributed by atoms with Crippen LogP contribution in [0.3, 0.4) is 0 Å². The van der Waals surface area contributed by atoms with Gasteiger partial charge < -0.3 is 9.84 Å². The largest absolute Gasteiger partial charge is 0.481 e. The Kier molecular flexibility index (Phi) is 5.59. The van der Waals surface area contributed by atoms with Crippen LogP contribution >= 0.6 is 0 Å². The molecular weight excluding hydrogens is 172 g/mol. The zero-order valence-corrected chi connectivity index (χ0v) is 7.82. The van der Waals surface area contributed by atoms with E-state index in [1.807, 2.05) is 13.8 Å². The molecule has 13 heavy (non-hydrogen) atoms. The summed E-state index contributed by atoms with van der Waals surface area (Å²) in [6, 6.07) is 0. The van der Waals surface area contributed by atoms with E-state index in [4.69, 9.17) is 9.84 Å². The fourth-order valence-electron chi connectivity index (χ4n) is 0.553. The van der Waals surface area contributed by atoms with Crippen molar-refractivity contribution < 1.29 is 19.4 Å². The molecule has 0 spiro atoms. The van der Waals surface area contributed by atoms with E-state index in [2.05, 4.69) is 0 Å². The molecule has 4 heteroatoms. The van der Waals surface area contributed by atoms with Crippen molar-refractivity contribution in [2.24, 2.45) is 5.92 Å². The lowest BCUT2D eigenvalue weighted by Crippen LogP contribution is -2.07. The Morgan fingerprint density at radius 3 is 2.54 bits per heavy atom. The topological polar surface area (TPSA) is 63.6 Å². The maximum Gasteiger partial charge on any atom is 0.330 e. The Morgan fingerprint density at radius 2 is 2.08 bits per heavy atom. The molecule has 0 aliphatic rings. The van der Waals surface area contributed by atoms with Crippen LogP contribution in [-0.4, -0.2) is 23.7 Å². The average Bonchev–Trinajstić information content (AvgIpc) is 2.00. The number of aliphatic carboxylic acids is 1. The van der Waals surface area contributed by atoms with E-state index < -0.39 is 11.9 Å². The van der Waals surface area contributed by atoms with Crippen molar-refractivity contribution in [1.29, 1.82) is 0 Å². The highest BCUT2D eigenvalue weighted by atomic mass is 16.5. The van der Waals surface area contributed by atoms with Crippen molar-refractivity contribution in [2.45, 2.75) is 20.3 Å². The van der Waals surface area contributed by atoms with Crippen LogP contribution in [-0.2, 0) is 14.3 Å². The summed E-state index contributed by atoms with van der Waals surface area (Å²) in [5.74, 6) is -1.17. The van der Waals surface area contributed by atoms with Gasteiger partial charge in [0.2, 0.25) is 0 Å². The molecule has 4 nitrogen and oxygen atoms in total. The first-order valence-electron chi connectivity index (χ1n) is 4.07. The van der Waals surface area contributed by atoms with Crippen molar-refractivity contribution in [2.75, 3.05) is 6.61 Å². The van der Waals surface area contributed by atoms with Crippen molar-refractivity contribution >= 4 is 11.9 Å². The molecule has 0 aromatic rings. The van der Waals surface area contributed by atoms with Gasteiger partial charge in [-0.3, -0.25) is 4.79 Å². The van der Waals surface area contributed by atoms with Crippen LogP contribution in [0.1, 0.15) is 20.3 Å². The third kappa shape index (κ3) is 8.59. The first-order valence-corrected chi connectivity index (χ1v) is 4.07. The molecule has 0 rings (SSSR count). The van der Waals surface area contributed by atoms with Crippen molar-refractivity contribution in [3.05, 3.63) is 12.2 Å². The zero-order valence-electron chi connectivity index (χ0n) is 7.82. The number of carboxylic acid groups (broad SMARTS) is 1. The number of carbonyl (C=O) groups is 2. The second-order valence-electron chi connectivity index (χ2n) is 3.02. The second-order valence-corrected chi connectivity index (χ2v) is 3.02. The van der Waals surface area contributed by atoms with Crippen LogP contribution < -0.4 is 0 Å². The molecule has 0 amide bonds. The summed E-state index contributed by atoms with van der Waals surface area (Å²) in [6.07, 6.45) is 2.25. The molecule has 0 heterocycles. The second kappa shape index (κ2) is 6.22. The minimum atomic E-state index is -0.965. The number of hydrogen-bond acceptors (Lipinski definition) is 3. The molecule has 0 aromatic carbocycles. The number of carboxylic acids is 1. The summed E-state index contributed by atoms with van der Waals surface area (Å²) in [5.41, 5.74) is 0. The molecule has 0 aliphatic heterocycles. The van der Waals surface area contributed by atoms with Gasteiger partial charge in [0.05, 0.1) is 13.0 Å². The number of ether oxygens (including phenoxy) is 1. The third-order valence-corrected chi connectivity index (χ3v) is 1.11. The maximum atomic E-state index is 10.8. The molecule has 0 fully saturated rings. The van der Waals surface area contributed by atoms with Crippen LogP contribution in [0.4, 0.5) is 0 Å². The highest BCUT2D eigenvalue weighted by Crippen LogP contribution is 1.94. The monoisotopic (exact) mass is 186 g/mol. The molecule has 0 atom stereocenters. The Hall–Kier alpha value is -1.32. The molecule has 0 unspecified atom stereocenters. The Bertz CT molecular complexity index is 206. The first kappa shape index (κ1) is 11.7. The fraction of sp³-hybridized carbons (Fsp3) is 0.556.